The molecule has 0 N–H and O–H groups in total. The van der Waals surface area contributed by atoms with Crippen LogP contribution in [-0.4, -0.2) is 24.4 Å². The maximum atomic E-state index is 12.1. The summed E-state index contributed by atoms with van der Waals surface area (Å²) in [6.45, 7) is 4.96. The van der Waals surface area contributed by atoms with Crippen LogP contribution in [0, 0.1) is 0 Å². The molecule has 0 heterocycles. The molecule has 0 saturated carbocycles. The van der Waals surface area contributed by atoms with Crippen molar-refractivity contribution in [2.24, 2.45) is 0 Å². The lowest BCUT2D eigenvalue weighted by Crippen LogP contribution is -2.31. The number of carbonyl (C=O) groups is 1. The first kappa shape index (κ1) is 12.8. The molecule has 2 nitrogen and oxygen atoms in total. The summed E-state index contributed by atoms with van der Waals surface area (Å²) in [5.74, 6) is 0.169. The second-order valence-corrected chi connectivity index (χ2v) is 4.25. The van der Waals surface area contributed by atoms with Gasteiger partial charge in [-0.2, -0.15) is 0 Å². The van der Waals surface area contributed by atoms with Crippen LogP contribution in [0.1, 0.15) is 38.2 Å². The van der Waals surface area contributed by atoms with Crippen LogP contribution < -0.4 is 0 Å². The van der Waals surface area contributed by atoms with Crippen molar-refractivity contribution in [2.75, 3.05) is 13.6 Å². The summed E-state index contributed by atoms with van der Waals surface area (Å²) < 4.78 is 0. The van der Waals surface area contributed by atoms with Gasteiger partial charge in [-0.25, -0.2) is 0 Å². The van der Waals surface area contributed by atoms with E-state index in [9.17, 15) is 4.79 Å². The van der Waals surface area contributed by atoms with Gasteiger partial charge in [-0.1, -0.05) is 43.7 Å². The molecule has 0 radical (unpaired) electrons. The summed E-state index contributed by atoms with van der Waals surface area (Å²) in [7, 11) is 1.89. The van der Waals surface area contributed by atoms with Gasteiger partial charge in [0, 0.05) is 13.6 Å². The van der Waals surface area contributed by atoms with Crippen molar-refractivity contribution in [1.29, 1.82) is 0 Å². The standard InChI is InChI=1S/C14H21NO/c1-4-5-11-15(3)14(16)12(2)13-9-7-6-8-10-13/h6-10,12H,4-5,11H2,1-3H3. The van der Waals surface area contributed by atoms with Crippen LogP contribution in [0.5, 0.6) is 0 Å². The van der Waals surface area contributed by atoms with Gasteiger partial charge in [0.05, 0.1) is 5.92 Å². The summed E-state index contributed by atoms with van der Waals surface area (Å²) in [5.41, 5.74) is 1.09. The van der Waals surface area contributed by atoms with Gasteiger partial charge in [0.1, 0.15) is 0 Å². The van der Waals surface area contributed by atoms with Crippen LogP contribution in [0.25, 0.3) is 0 Å². The van der Waals surface area contributed by atoms with Crippen molar-refractivity contribution in [3.8, 4) is 0 Å². The fraction of sp³-hybridized carbons (Fsp3) is 0.500. The van der Waals surface area contributed by atoms with Crippen LogP contribution in [0.3, 0.4) is 0 Å². The van der Waals surface area contributed by atoms with Gasteiger partial charge in [0.2, 0.25) is 5.91 Å². The molecule has 2 heteroatoms. The van der Waals surface area contributed by atoms with Gasteiger partial charge in [-0.05, 0) is 18.9 Å². The Labute approximate surface area is 98.3 Å². The molecule has 1 amide bonds. The second-order valence-electron chi connectivity index (χ2n) is 4.25. The molecule has 1 aromatic carbocycles. The highest BCUT2D eigenvalue weighted by Gasteiger charge is 2.18. The summed E-state index contributed by atoms with van der Waals surface area (Å²) in [6.07, 6.45) is 2.20. The zero-order valence-electron chi connectivity index (χ0n) is 10.4. The van der Waals surface area contributed by atoms with E-state index in [-0.39, 0.29) is 11.8 Å². The van der Waals surface area contributed by atoms with E-state index in [1.165, 1.54) is 0 Å². The minimum absolute atomic E-state index is 0.0388. The molecule has 0 saturated heterocycles. The second kappa shape index (κ2) is 6.31. The quantitative estimate of drug-likeness (QED) is 0.745. The highest BCUT2D eigenvalue weighted by Crippen LogP contribution is 2.17. The first-order chi connectivity index (χ1) is 7.66. The lowest BCUT2D eigenvalue weighted by Gasteiger charge is -2.21. The number of hydrogen-bond acceptors (Lipinski definition) is 1. The number of rotatable bonds is 5. The SMILES string of the molecule is CCCCN(C)C(=O)C(C)c1ccccc1. The number of unbranched alkanes of at least 4 members (excludes halogenated alkanes) is 1. The maximum Gasteiger partial charge on any atom is 0.229 e. The van der Waals surface area contributed by atoms with Crippen molar-refractivity contribution in [3.05, 3.63) is 35.9 Å². The van der Waals surface area contributed by atoms with Crippen molar-refractivity contribution in [1.82, 2.24) is 4.90 Å². The van der Waals surface area contributed by atoms with Crippen molar-refractivity contribution in [3.63, 3.8) is 0 Å². The van der Waals surface area contributed by atoms with E-state index in [1.807, 2.05) is 49.2 Å². The maximum absolute atomic E-state index is 12.1. The van der Waals surface area contributed by atoms with Gasteiger partial charge in [0.25, 0.3) is 0 Å². The summed E-state index contributed by atoms with van der Waals surface area (Å²) in [4.78, 5) is 13.9. The minimum atomic E-state index is -0.0388. The number of benzene rings is 1. The van der Waals surface area contributed by atoms with Gasteiger partial charge in [-0.15, -0.1) is 0 Å². The van der Waals surface area contributed by atoms with E-state index >= 15 is 0 Å². The minimum Gasteiger partial charge on any atom is -0.345 e. The molecule has 0 aliphatic rings. The third kappa shape index (κ3) is 3.37. The Morgan fingerprint density at radius 1 is 1.31 bits per heavy atom. The lowest BCUT2D eigenvalue weighted by atomic mass is 10.00. The summed E-state index contributed by atoms with van der Waals surface area (Å²) in [6, 6.07) is 9.95. The lowest BCUT2D eigenvalue weighted by molar-refractivity contribution is -0.131. The third-order valence-corrected chi connectivity index (χ3v) is 2.89. The molecule has 1 rings (SSSR count). The van der Waals surface area contributed by atoms with Crippen LogP contribution in [-0.2, 0) is 4.79 Å². The fourth-order valence-corrected chi connectivity index (χ4v) is 1.72. The van der Waals surface area contributed by atoms with Gasteiger partial charge in [0.15, 0.2) is 0 Å². The van der Waals surface area contributed by atoms with Crippen LogP contribution >= 0.6 is 0 Å². The first-order valence-corrected chi connectivity index (χ1v) is 5.96. The van der Waals surface area contributed by atoms with Gasteiger partial charge in [-0.3, -0.25) is 4.79 Å². The molecular weight excluding hydrogens is 198 g/mol. The van der Waals surface area contributed by atoms with Crippen molar-refractivity contribution >= 4 is 5.91 Å². The zero-order valence-corrected chi connectivity index (χ0v) is 10.4. The highest BCUT2D eigenvalue weighted by molar-refractivity contribution is 5.83. The first-order valence-electron chi connectivity index (χ1n) is 5.96. The third-order valence-electron chi connectivity index (χ3n) is 2.89. The Morgan fingerprint density at radius 2 is 1.94 bits per heavy atom. The molecule has 88 valence electrons. The molecule has 0 aromatic heterocycles. The molecule has 1 unspecified atom stereocenters. The Kier molecular flexibility index (Phi) is 5.03. The predicted octanol–water partition coefficient (Wildman–Crippen LogP) is 3.05. The molecule has 0 aliphatic heterocycles. The fourth-order valence-electron chi connectivity index (χ4n) is 1.72. The van der Waals surface area contributed by atoms with E-state index in [1.54, 1.807) is 0 Å². The van der Waals surface area contributed by atoms with Gasteiger partial charge >= 0.3 is 0 Å². The Hall–Kier alpha value is -1.31. The van der Waals surface area contributed by atoms with E-state index in [4.69, 9.17) is 0 Å². The van der Waals surface area contributed by atoms with Crippen molar-refractivity contribution < 1.29 is 4.79 Å². The molecule has 1 atom stereocenters. The normalized spacial score (nSPS) is 12.2. The molecule has 0 aliphatic carbocycles. The smallest absolute Gasteiger partial charge is 0.229 e. The summed E-state index contributed by atoms with van der Waals surface area (Å²) in [5, 5.41) is 0. The molecule has 0 bridgehead atoms. The highest BCUT2D eigenvalue weighted by atomic mass is 16.2. The van der Waals surface area contributed by atoms with E-state index in [0.29, 0.717) is 0 Å². The predicted molar refractivity (Wildman–Crippen MR) is 67.4 cm³/mol. The molecule has 16 heavy (non-hydrogen) atoms. The van der Waals surface area contributed by atoms with E-state index in [2.05, 4.69) is 6.92 Å². The summed E-state index contributed by atoms with van der Waals surface area (Å²) >= 11 is 0. The number of likely N-dealkylation sites (N-methyl/N-ethyl adjacent to an activating group) is 1. The number of hydrogen-bond donors (Lipinski definition) is 0. The largest absolute Gasteiger partial charge is 0.345 e. The average molecular weight is 219 g/mol. The number of nitrogens with zero attached hydrogens (tertiary/aromatic N) is 1. The molecule has 0 fully saturated rings. The van der Waals surface area contributed by atoms with Crippen LogP contribution in [0.4, 0.5) is 0 Å². The number of carbonyl (C=O) groups excluding carboxylic acids is 1. The van der Waals surface area contributed by atoms with Crippen LogP contribution in [0.2, 0.25) is 0 Å². The van der Waals surface area contributed by atoms with Crippen LogP contribution in [0.15, 0.2) is 30.3 Å². The molecule has 1 aromatic rings. The van der Waals surface area contributed by atoms with E-state index in [0.717, 1.165) is 24.9 Å². The Bertz CT molecular complexity index is 321. The van der Waals surface area contributed by atoms with E-state index < -0.39 is 0 Å². The topological polar surface area (TPSA) is 20.3 Å². The average Bonchev–Trinajstić information content (AvgIpc) is 2.35. The number of amides is 1. The Morgan fingerprint density at radius 3 is 2.50 bits per heavy atom. The molecular formula is C14H21NO. The zero-order chi connectivity index (χ0) is 12.0. The Balaban J connectivity index is 2.60. The monoisotopic (exact) mass is 219 g/mol. The molecule has 0 spiro atoms. The van der Waals surface area contributed by atoms with Gasteiger partial charge < -0.3 is 4.90 Å². The van der Waals surface area contributed by atoms with Crippen molar-refractivity contribution in [2.45, 2.75) is 32.6 Å².